The van der Waals surface area contributed by atoms with Crippen molar-refractivity contribution in [3.05, 3.63) is 89.2 Å². The molecule has 3 rings (SSSR count). The molecule has 160 valence electrons. The number of ether oxygens (including phenoxy) is 1. The predicted molar refractivity (Wildman–Crippen MR) is 118 cm³/mol. The highest BCUT2D eigenvalue weighted by Gasteiger charge is 2.21. The highest BCUT2D eigenvalue weighted by molar-refractivity contribution is 5.99. The number of ketones is 1. The first-order valence-electron chi connectivity index (χ1n) is 10.1. The molecular weight excluding hydrogens is 392 g/mol. The SMILES string of the molecule is CC(=O)N[C@H](CC(=O)OCC(=O)c1cc(C)n(-c2ccccc2)c1C)c1ccccc1. The Labute approximate surface area is 181 Å². The van der Waals surface area contributed by atoms with Gasteiger partial charge in [-0.1, -0.05) is 48.5 Å². The summed E-state index contributed by atoms with van der Waals surface area (Å²) in [7, 11) is 0. The number of amides is 1. The van der Waals surface area contributed by atoms with Crippen LogP contribution in [0.15, 0.2) is 66.7 Å². The molecule has 3 aromatic rings. The second-order valence-electron chi connectivity index (χ2n) is 7.41. The van der Waals surface area contributed by atoms with Crippen molar-refractivity contribution in [1.29, 1.82) is 0 Å². The monoisotopic (exact) mass is 418 g/mol. The molecule has 0 spiro atoms. The van der Waals surface area contributed by atoms with Crippen molar-refractivity contribution in [2.45, 2.75) is 33.2 Å². The van der Waals surface area contributed by atoms with Crippen LogP contribution in [0.5, 0.6) is 0 Å². The van der Waals surface area contributed by atoms with E-state index in [1.54, 1.807) is 0 Å². The van der Waals surface area contributed by atoms with E-state index >= 15 is 0 Å². The molecule has 0 radical (unpaired) electrons. The Morgan fingerprint density at radius 1 is 0.968 bits per heavy atom. The summed E-state index contributed by atoms with van der Waals surface area (Å²) in [4.78, 5) is 36.7. The Morgan fingerprint density at radius 2 is 1.58 bits per heavy atom. The summed E-state index contributed by atoms with van der Waals surface area (Å²) in [5.41, 5.74) is 4.01. The molecule has 31 heavy (non-hydrogen) atoms. The van der Waals surface area contributed by atoms with Gasteiger partial charge in [0.15, 0.2) is 6.61 Å². The fourth-order valence-electron chi connectivity index (χ4n) is 3.65. The van der Waals surface area contributed by atoms with Crippen LogP contribution < -0.4 is 5.32 Å². The molecule has 1 amide bonds. The molecule has 0 bridgehead atoms. The lowest BCUT2D eigenvalue weighted by Gasteiger charge is -2.17. The van der Waals surface area contributed by atoms with Crippen LogP contribution in [0.3, 0.4) is 0 Å². The second-order valence-corrected chi connectivity index (χ2v) is 7.41. The Bertz CT molecular complexity index is 1070. The van der Waals surface area contributed by atoms with Gasteiger partial charge in [0.1, 0.15) is 0 Å². The molecule has 0 unspecified atom stereocenters. The lowest BCUT2D eigenvalue weighted by molar-refractivity contribution is -0.143. The Morgan fingerprint density at radius 3 is 2.19 bits per heavy atom. The Hall–Kier alpha value is -3.67. The van der Waals surface area contributed by atoms with E-state index in [2.05, 4.69) is 5.32 Å². The van der Waals surface area contributed by atoms with Crippen LogP contribution in [0.4, 0.5) is 0 Å². The first-order valence-corrected chi connectivity index (χ1v) is 10.1. The zero-order chi connectivity index (χ0) is 22.4. The van der Waals surface area contributed by atoms with Gasteiger partial charge in [0.2, 0.25) is 11.7 Å². The molecule has 0 aliphatic rings. The number of carbonyl (C=O) groups is 3. The van der Waals surface area contributed by atoms with Gasteiger partial charge in [-0.25, -0.2) is 0 Å². The van der Waals surface area contributed by atoms with Crippen molar-refractivity contribution in [3.63, 3.8) is 0 Å². The smallest absolute Gasteiger partial charge is 0.308 e. The summed E-state index contributed by atoms with van der Waals surface area (Å²) in [6.45, 7) is 4.85. The second kappa shape index (κ2) is 9.89. The van der Waals surface area contributed by atoms with Crippen LogP contribution in [-0.2, 0) is 14.3 Å². The number of benzene rings is 2. The number of para-hydroxylation sites is 1. The third-order valence-electron chi connectivity index (χ3n) is 5.06. The number of rotatable bonds is 8. The highest BCUT2D eigenvalue weighted by atomic mass is 16.5. The van der Waals surface area contributed by atoms with E-state index in [0.717, 1.165) is 22.6 Å². The molecule has 0 saturated carbocycles. The van der Waals surface area contributed by atoms with Gasteiger partial charge in [-0.2, -0.15) is 0 Å². The predicted octanol–water partition coefficient (Wildman–Crippen LogP) is 4.09. The minimum Gasteiger partial charge on any atom is -0.457 e. The molecule has 2 aromatic carbocycles. The number of nitrogens with one attached hydrogen (secondary N) is 1. The van der Waals surface area contributed by atoms with E-state index in [1.165, 1.54) is 6.92 Å². The van der Waals surface area contributed by atoms with Crippen LogP contribution in [0.2, 0.25) is 0 Å². The summed E-state index contributed by atoms with van der Waals surface area (Å²) in [6, 6.07) is 20.3. The standard InChI is InChI=1S/C25H26N2O4/c1-17-14-22(18(2)27(17)21-12-8-5-9-13-21)24(29)16-31-25(30)15-23(26-19(3)28)20-10-6-4-7-11-20/h4-14,23H,15-16H2,1-3H3,(H,26,28)/t23-/m1/s1. The quantitative estimate of drug-likeness (QED) is 0.442. The molecule has 6 nitrogen and oxygen atoms in total. The van der Waals surface area contributed by atoms with Gasteiger partial charge in [-0.3, -0.25) is 14.4 Å². The normalized spacial score (nSPS) is 11.6. The number of hydrogen-bond acceptors (Lipinski definition) is 4. The summed E-state index contributed by atoms with van der Waals surface area (Å²) in [6.07, 6.45) is -0.0556. The minimum absolute atomic E-state index is 0.0556. The van der Waals surface area contributed by atoms with Crippen LogP contribution in [0.25, 0.3) is 5.69 Å². The summed E-state index contributed by atoms with van der Waals surface area (Å²) in [5.74, 6) is -1.06. The first-order chi connectivity index (χ1) is 14.9. The lowest BCUT2D eigenvalue weighted by Crippen LogP contribution is -2.29. The number of aromatic nitrogens is 1. The number of Topliss-reactive ketones (excluding diaryl/α,β-unsaturated/α-hetero) is 1. The van der Waals surface area contributed by atoms with Crippen LogP contribution in [0, 0.1) is 13.8 Å². The largest absolute Gasteiger partial charge is 0.457 e. The van der Waals surface area contributed by atoms with E-state index in [4.69, 9.17) is 4.74 Å². The van der Waals surface area contributed by atoms with Crippen LogP contribution in [-0.4, -0.2) is 28.8 Å². The zero-order valence-electron chi connectivity index (χ0n) is 17.9. The Kier molecular flexibility index (Phi) is 7.03. The maximum absolute atomic E-state index is 12.7. The van der Waals surface area contributed by atoms with E-state index in [-0.39, 0.29) is 24.7 Å². The Balaban J connectivity index is 1.66. The summed E-state index contributed by atoms with van der Waals surface area (Å²) < 4.78 is 7.25. The van der Waals surface area contributed by atoms with E-state index in [0.29, 0.717) is 5.56 Å². The van der Waals surface area contributed by atoms with E-state index in [1.807, 2.05) is 85.1 Å². The number of aryl methyl sites for hydroxylation is 1. The van der Waals surface area contributed by atoms with Gasteiger partial charge >= 0.3 is 5.97 Å². The van der Waals surface area contributed by atoms with Gasteiger partial charge in [-0.05, 0) is 37.6 Å². The van der Waals surface area contributed by atoms with Crippen LogP contribution in [0.1, 0.15) is 46.7 Å². The van der Waals surface area contributed by atoms with Crippen molar-refractivity contribution in [3.8, 4) is 5.69 Å². The molecule has 1 N–H and O–H groups in total. The van der Waals surface area contributed by atoms with Crippen molar-refractivity contribution >= 4 is 17.7 Å². The third-order valence-corrected chi connectivity index (χ3v) is 5.06. The molecule has 1 aromatic heterocycles. The van der Waals surface area contributed by atoms with Crippen molar-refractivity contribution in [2.24, 2.45) is 0 Å². The molecular formula is C25H26N2O4. The first kappa shape index (κ1) is 22.0. The van der Waals surface area contributed by atoms with E-state index in [9.17, 15) is 14.4 Å². The average molecular weight is 418 g/mol. The van der Waals surface area contributed by atoms with Crippen molar-refractivity contribution in [1.82, 2.24) is 9.88 Å². The van der Waals surface area contributed by atoms with Gasteiger partial charge < -0.3 is 14.6 Å². The number of esters is 1. The topological polar surface area (TPSA) is 77.4 Å². The fourth-order valence-corrected chi connectivity index (χ4v) is 3.65. The summed E-state index contributed by atoms with van der Waals surface area (Å²) in [5, 5.41) is 2.76. The maximum Gasteiger partial charge on any atom is 0.308 e. The molecule has 0 fully saturated rings. The zero-order valence-corrected chi connectivity index (χ0v) is 17.9. The van der Waals surface area contributed by atoms with Gasteiger partial charge in [0, 0.05) is 29.6 Å². The van der Waals surface area contributed by atoms with Crippen molar-refractivity contribution < 1.29 is 19.1 Å². The average Bonchev–Trinajstić information content (AvgIpc) is 3.06. The van der Waals surface area contributed by atoms with Gasteiger partial charge in [-0.15, -0.1) is 0 Å². The molecule has 0 aliphatic carbocycles. The molecule has 1 atom stereocenters. The van der Waals surface area contributed by atoms with Gasteiger partial charge in [0.05, 0.1) is 12.5 Å². The molecule has 0 aliphatic heterocycles. The molecule has 6 heteroatoms. The number of carbonyl (C=O) groups excluding carboxylic acids is 3. The van der Waals surface area contributed by atoms with Crippen LogP contribution >= 0.6 is 0 Å². The van der Waals surface area contributed by atoms with Gasteiger partial charge in [0.25, 0.3) is 0 Å². The number of nitrogens with zero attached hydrogens (tertiary/aromatic N) is 1. The highest BCUT2D eigenvalue weighted by Crippen LogP contribution is 2.22. The maximum atomic E-state index is 12.7. The number of hydrogen-bond donors (Lipinski definition) is 1. The lowest BCUT2D eigenvalue weighted by atomic mass is 10.0. The molecule has 0 saturated heterocycles. The minimum atomic E-state index is -0.548. The third kappa shape index (κ3) is 5.48. The van der Waals surface area contributed by atoms with Crippen molar-refractivity contribution in [2.75, 3.05) is 6.61 Å². The summed E-state index contributed by atoms with van der Waals surface area (Å²) >= 11 is 0. The fraction of sp³-hybridized carbons (Fsp3) is 0.240. The molecule has 1 heterocycles. The van der Waals surface area contributed by atoms with E-state index < -0.39 is 12.0 Å².